The molecule has 2 aliphatic rings. The molecule has 6 heteroatoms. The number of hydrogen-bond acceptors (Lipinski definition) is 3. The van der Waals surface area contributed by atoms with E-state index in [2.05, 4.69) is 89.8 Å². The zero-order chi connectivity index (χ0) is 31.3. The van der Waals surface area contributed by atoms with Crippen molar-refractivity contribution in [1.82, 2.24) is 9.30 Å². The second kappa shape index (κ2) is 11.4. The van der Waals surface area contributed by atoms with Crippen LogP contribution in [0.2, 0.25) is 0 Å². The molecule has 8 rings (SSSR count). The first kappa shape index (κ1) is 28.4. The van der Waals surface area contributed by atoms with E-state index in [0.29, 0.717) is 24.2 Å². The lowest BCUT2D eigenvalue weighted by Gasteiger charge is -2.43. The van der Waals surface area contributed by atoms with Gasteiger partial charge in [-0.2, -0.15) is 8.78 Å². The number of fused-ring (bicyclic) bond motifs is 2. The van der Waals surface area contributed by atoms with Gasteiger partial charge in [-0.1, -0.05) is 109 Å². The minimum Gasteiger partial charge on any atom is -0.432 e. The summed E-state index contributed by atoms with van der Waals surface area (Å²) in [5, 5.41) is 0. The highest BCUT2D eigenvalue weighted by molar-refractivity contribution is 5.82. The van der Waals surface area contributed by atoms with E-state index in [1.54, 1.807) is 18.3 Å². The van der Waals surface area contributed by atoms with Gasteiger partial charge in [0.15, 0.2) is 5.75 Å². The summed E-state index contributed by atoms with van der Waals surface area (Å²) >= 11 is 0. The summed E-state index contributed by atoms with van der Waals surface area (Å²) in [5.41, 5.74) is 7.61. The van der Waals surface area contributed by atoms with Gasteiger partial charge in [0.2, 0.25) is 0 Å². The Morgan fingerprint density at radius 3 is 1.85 bits per heavy atom. The lowest BCUT2D eigenvalue weighted by Crippen LogP contribution is -2.45. The summed E-state index contributed by atoms with van der Waals surface area (Å²) in [4.78, 5) is 15.3. The number of rotatable bonds is 8. The van der Waals surface area contributed by atoms with Crippen molar-refractivity contribution >= 4 is 5.52 Å². The van der Waals surface area contributed by atoms with Gasteiger partial charge in [0.05, 0.1) is 11.1 Å². The van der Waals surface area contributed by atoms with E-state index in [1.165, 1.54) is 32.7 Å². The average molecular weight is 611 g/mol. The molecule has 0 unspecified atom stereocenters. The summed E-state index contributed by atoms with van der Waals surface area (Å²) < 4.78 is 34.6. The molecule has 4 aromatic carbocycles. The number of benzene rings is 4. The van der Waals surface area contributed by atoms with Gasteiger partial charge >= 0.3 is 6.61 Å². The number of halogens is 2. The number of alkyl halides is 2. The fourth-order valence-corrected chi connectivity index (χ4v) is 7.35. The molecule has 0 saturated heterocycles. The molecule has 0 spiro atoms. The molecule has 1 aliphatic carbocycles. The van der Waals surface area contributed by atoms with E-state index < -0.39 is 12.2 Å². The van der Waals surface area contributed by atoms with E-state index in [0.717, 1.165) is 29.5 Å². The van der Waals surface area contributed by atoms with E-state index in [4.69, 9.17) is 4.74 Å². The molecule has 3 heterocycles. The predicted octanol–water partition coefficient (Wildman–Crippen LogP) is 8.75. The zero-order valence-electron chi connectivity index (χ0n) is 25.2. The van der Waals surface area contributed by atoms with Crippen molar-refractivity contribution in [3.05, 3.63) is 177 Å². The molecule has 1 saturated carbocycles. The minimum absolute atomic E-state index is 0.0547. The molecule has 1 aliphatic heterocycles. The van der Waals surface area contributed by atoms with Crippen LogP contribution in [0.3, 0.4) is 0 Å². The molecule has 6 aromatic rings. The van der Waals surface area contributed by atoms with Crippen molar-refractivity contribution < 1.29 is 13.5 Å². The monoisotopic (exact) mass is 610 g/mol. The van der Waals surface area contributed by atoms with Crippen LogP contribution >= 0.6 is 0 Å². The Hall–Kier alpha value is -5.07. The summed E-state index contributed by atoms with van der Waals surface area (Å²) in [6.45, 7) is -1.68. The highest BCUT2D eigenvalue weighted by Gasteiger charge is 2.44. The average Bonchev–Trinajstić information content (AvgIpc) is 3.85. The van der Waals surface area contributed by atoms with Crippen LogP contribution in [0.1, 0.15) is 52.1 Å². The van der Waals surface area contributed by atoms with Crippen LogP contribution in [0.15, 0.2) is 138 Å². The van der Waals surface area contributed by atoms with Gasteiger partial charge in [0.25, 0.3) is 5.56 Å². The third-order valence-corrected chi connectivity index (χ3v) is 9.52. The Bertz CT molecular complexity index is 2000. The number of aromatic nitrogens is 1. The molecule has 0 amide bonds. The molecular weight excluding hydrogens is 578 g/mol. The highest BCUT2D eigenvalue weighted by Crippen LogP contribution is 2.48. The normalized spacial score (nSPS) is 14.9. The predicted molar refractivity (Wildman–Crippen MR) is 176 cm³/mol. The first-order valence-corrected chi connectivity index (χ1v) is 15.7. The smallest absolute Gasteiger partial charge is 0.387 e. The lowest BCUT2D eigenvalue weighted by atomic mass is 9.75. The largest absolute Gasteiger partial charge is 0.432 e. The van der Waals surface area contributed by atoms with Crippen LogP contribution in [-0.4, -0.2) is 15.9 Å². The molecule has 0 radical (unpaired) electrons. The molecular formula is C40H32F2N2O2. The number of hydrogen-bond donors (Lipinski definition) is 0. The van der Waals surface area contributed by atoms with Crippen molar-refractivity contribution in [2.75, 3.05) is 0 Å². The van der Waals surface area contributed by atoms with Crippen molar-refractivity contribution in [3.8, 4) is 16.9 Å². The third kappa shape index (κ3) is 4.72. The topological polar surface area (TPSA) is 34.0 Å². The SMILES string of the molecule is O=c1ccc(C2CC2)c2c(OC(F)F)c(-c3ccc4c(c3)CN(C(c3ccccc3)(c3ccccc3)c3ccccc3)C4)ccn12. The van der Waals surface area contributed by atoms with Crippen molar-refractivity contribution in [3.63, 3.8) is 0 Å². The minimum atomic E-state index is -3.03. The van der Waals surface area contributed by atoms with E-state index in [-0.39, 0.29) is 17.2 Å². The van der Waals surface area contributed by atoms with Crippen LogP contribution < -0.4 is 10.3 Å². The Morgan fingerprint density at radius 1 is 0.696 bits per heavy atom. The Balaban J connectivity index is 1.28. The maximum Gasteiger partial charge on any atom is 0.387 e. The van der Waals surface area contributed by atoms with Gasteiger partial charge in [-0.15, -0.1) is 0 Å². The molecule has 46 heavy (non-hydrogen) atoms. The fraction of sp³-hybridized carbons (Fsp3) is 0.175. The third-order valence-electron chi connectivity index (χ3n) is 9.52. The van der Waals surface area contributed by atoms with Gasteiger partial charge in [-0.25, -0.2) is 0 Å². The zero-order valence-corrected chi connectivity index (χ0v) is 25.2. The molecule has 4 nitrogen and oxygen atoms in total. The second-order valence-corrected chi connectivity index (χ2v) is 12.2. The van der Waals surface area contributed by atoms with Crippen LogP contribution in [0.25, 0.3) is 16.6 Å². The summed E-state index contributed by atoms with van der Waals surface area (Å²) in [7, 11) is 0. The molecule has 0 bridgehead atoms. The molecule has 0 atom stereocenters. The summed E-state index contributed by atoms with van der Waals surface area (Å²) in [6.07, 6.45) is 3.61. The maximum absolute atomic E-state index is 14.0. The van der Waals surface area contributed by atoms with Crippen LogP contribution in [0.5, 0.6) is 5.75 Å². The maximum atomic E-state index is 14.0. The first-order chi connectivity index (χ1) is 22.5. The van der Waals surface area contributed by atoms with E-state index >= 15 is 0 Å². The Morgan fingerprint density at radius 2 is 1.28 bits per heavy atom. The number of nitrogens with zero attached hydrogens (tertiary/aromatic N) is 2. The lowest BCUT2D eigenvalue weighted by molar-refractivity contribution is -0.0486. The highest BCUT2D eigenvalue weighted by atomic mass is 19.3. The van der Waals surface area contributed by atoms with E-state index in [9.17, 15) is 13.6 Å². The Kier molecular flexibility index (Phi) is 7.03. The second-order valence-electron chi connectivity index (χ2n) is 12.2. The molecule has 2 aromatic heterocycles. The molecule has 1 fully saturated rings. The molecule has 228 valence electrons. The van der Waals surface area contributed by atoms with Crippen molar-refractivity contribution in [1.29, 1.82) is 0 Å². The quantitative estimate of drug-likeness (QED) is 0.162. The van der Waals surface area contributed by atoms with Gasteiger partial charge in [0, 0.05) is 30.9 Å². The van der Waals surface area contributed by atoms with Crippen LogP contribution in [0, 0.1) is 0 Å². The van der Waals surface area contributed by atoms with Gasteiger partial charge in [0.1, 0.15) is 0 Å². The summed E-state index contributed by atoms with van der Waals surface area (Å²) in [6, 6.07) is 43.0. The van der Waals surface area contributed by atoms with Crippen molar-refractivity contribution in [2.45, 2.75) is 44.0 Å². The summed E-state index contributed by atoms with van der Waals surface area (Å²) in [5.74, 6) is 0.292. The van der Waals surface area contributed by atoms with E-state index in [1.807, 2.05) is 24.3 Å². The van der Waals surface area contributed by atoms with Crippen molar-refractivity contribution in [2.24, 2.45) is 0 Å². The first-order valence-electron chi connectivity index (χ1n) is 15.7. The number of ether oxygens (including phenoxy) is 1. The standard InChI is InChI=1S/C40H32F2N2O2/c41-39(42)46-38-35(22-23-44-36(45)21-20-34(37(38)44)27-16-17-27)28-18-19-29-25-43(26-30(29)24-28)40(31-10-4-1-5-11-31,32-12-6-2-7-13-32)33-14-8-3-9-15-33/h1-15,18-24,27,39H,16-17,25-26H2. The van der Waals surface area contributed by atoms with Crippen LogP contribution in [0.4, 0.5) is 8.78 Å². The molecule has 0 N–H and O–H groups in total. The van der Waals surface area contributed by atoms with Gasteiger partial charge in [-0.3, -0.25) is 14.1 Å². The van der Waals surface area contributed by atoms with Gasteiger partial charge < -0.3 is 4.74 Å². The van der Waals surface area contributed by atoms with Crippen LogP contribution in [-0.2, 0) is 18.6 Å². The fourth-order valence-electron chi connectivity index (χ4n) is 7.35. The number of pyridine rings is 2. The van der Waals surface area contributed by atoms with Gasteiger partial charge in [-0.05, 0) is 69.8 Å². The Labute approximate surface area is 266 Å².